The van der Waals surface area contributed by atoms with Crippen LogP contribution in [0.5, 0.6) is 0 Å². The summed E-state index contributed by atoms with van der Waals surface area (Å²) >= 11 is 0. The van der Waals surface area contributed by atoms with Gasteiger partial charge in [0.05, 0.1) is 12.2 Å². The van der Waals surface area contributed by atoms with Crippen LogP contribution in [0.1, 0.15) is 50.4 Å². The van der Waals surface area contributed by atoms with Gasteiger partial charge in [-0.15, -0.1) is 0 Å². The zero-order valence-electron chi connectivity index (χ0n) is 20.0. The molecule has 1 fully saturated rings. The Morgan fingerprint density at radius 3 is 2.44 bits per heavy atom. The SMILES string of the molecule is C=CC(=O)N1CCN([C@H](CC(C)C)c2ccc([C@H](C)Nc3ncc4[nH]c(=O)[nH]c4n3)cc2)CC1. The average molecular weight is 464 g/mol. The van der Waals surface area contributed by atoms with Crippen molar-refractivity contribution in [3.05, 3.63) is 64.7 Å². The standard InChI is InChI=1S/C25H33N7O2/c1-5-22(33)32-12-10-31(11-13-32)21(14-16(2)3)19-8-6-18(7-9-19)17(4)27-24-26-15-20-23(29-24)30-25(34)28-20/h5-9,15-17,21H,1,10-14H2,2-4H3,(H3,26,27,28,29,30,34)/t17-,21+/m0/s1. The number of imidazole rings is 1. The van der Waals surface area contributed by atoms with Crippen LogP contribution < -0.4 is 11.0 Å². The van der Waals surface area contributed by atoms with Crippen molar-refractivity contribution in [2.45, 2.75) is 39.3 Å². The number of hydrogen-bond acceptors (Lipinski definition) is 6. The number of piperazine rings is 1. The molecule has 1 aliphatic rings. The fourth-order valence-corrected chi connectivity index (χ4v) is 4.51. The summed E-state index contributed by atoms with van der Waals surface area (Å²) in [6.07, 6.45) is 4.05. The van der Waals surface area contributed by atoms with Crippen LogP contribution in [0.3, 0.4) is 0 Å². The lowest BCUT2D eigenvalue weighted by atomic mass is 9.93. The Balaban J connectivity index is 1.45. The zero-order valence-corrected chi connectivity index (χ0v) is 20.0. The van der Waals surface area contributed by atoms with Crippen molar-refractivity contribution in [3.63, 3.8) is 0 Å². The predicted molar refractivity (Wildman–Crippen MR) is 134 cm³/mol. The summed E-state index contributed by atoms with van der Waals surface area (Å²) in [7, 11) is 0. The fraction of sp³-hybridized carbons (Fsp3) is 0.440. The van der Waals surface area contributed by atoms with Gasteiger partial charge in [-0.05, 0) is 36.5 Å². The third-order valence-electron chi connectivity index (χ3n) is 6.37. The Morgan fingerprint density at radius 2 is 1.79 bits per heavy atom. The van der Waals surface area contributed by atoms with Gasteiger partial charge < -0.3 is 15.2 Å². The normalized spacial score (nSPS) is 16.5. The summed E-state index contributed by atoms with van der Waals surface area (Å²) in [5.74, 6) is 1.03. The summed E-state index contributed by atoms with van der Waals surface area (Å²) in [6.45, 7) is 13.3. The van der Waals surface area contributed by atoms with Gasteiger partial charge in [0.25, 0.3) is 0 Å². The molecule has 1 amide bonds. The lowest BCUT2D eigenvalue weighted by molar-refractivity contribution is -0.128. The molecule has 3 N–H and O–H groups in total. The fourth-order valence-electron chi connectivity index (χ4n) is 4.51. The molecule has 0 unspecified atom stereocenters. The Bertz CT molecular complexity index is 1190. The van der Waals surface area contributed by atoms with Gasteiger partial charge >= 0.3 is 5.69 Å². The molecular formula is C25H33N7O2. The van der Waals surface area contributed by atoms with Crippen LogP contribution in [0, 0.1) is 5.92 Å². The van der Waals surface area contributed by atoms with E-state index in [0.29, 0.717) is 29.1 Å². The third kappa shape index (κ3) is 5.36. The van der Waals surface area contributed by atoms with Gasteiger partial charge in [-0.1, -0.05) is 44.7 Å². The number of benzene rings is 1. The number of fused-ring (bicyclic) bond motifs is 1. The van der Waals surface area contributed by atoms with Crippen molar-refractivity contribution in [3.8, 4) is 0 Å². The van der Waals surface area contributed by atoms with Crippen molar-refractivity contribution >= 4 is 23.0 Å². The summed E-state index contributed by atoms with van der Waals surface area (Å²) in [6, 6.07) is 9.01. The van der Waals surface area contributed by atoms with Crippen LogP contribution in [0.2, 0.25) is 0 Å². The molecule has 0 spiro atoms. The number of carbonyl (C=O) groups excluding carboxylic acids is 1. The minimum Gasteiger partial charge on any atom is -0.348 e. The molecule has 180 valence electrons. The summed E-state index contributed by atoms with van der Waals surface area (Å²) in [4.78, 5) is 41.7. The molecule has 3 aromatic rings. The molecule has 0 aliphatic carbocycles. The Morgan fingerprint density at radius 1 is 1.12 bits per heavy atom. The summed E-state index contributed by atoms with van der Waals surface area (Å²) in [5, 5.41) is 3.31. The highest BCUT2D eigenvalue weighted by Gasteiger charge is 2.27. The zero-order chi connectivity index (χ0) is 24.2. The highest BCUT2D eigenvalue weighted by Crippen LogP contribution is 2.30. The molecule has 0 bridgehead atoms. The maximum Gasteiger partial charge on any atom is 0.325 e. The van der Waals surface area contributed by atoms with Gasteiger partial charge in [0.15, 0.2) is 5.65 Å². The van der Waals surface area contributed by atoms with E-state index in [1.165, 1.54) is 11.6 Å². The number of aromatic amines is 2. The van der Waals surface area contributed by atoms with E-state index >= 15 is 0 Å². The van der Waals surface area contributed by atoms with Crippen molar-refractivity contribution in [2.24, 2.45) is 5.92 Å². The number of rotatable bonds is 8. The monoisotopic (exact) mass is 463 g/mol. The second-order valence-corrected chi connectivity index (χ2v) is 9.28. The minimum absolute atomic E-state index is 0.00540. The lowest BCUT2D eigenvalue weighted by Crippen LogP contribution is -2.49. The molecule has 9 nitrogen and oxygen atoms in total. The second kappa shape index (κ2) is 10.2. The molecule has 0 radical (unpaired) electrons. The van der Waals surface area contributed by atoms with E-state index in [-0.39, 0.29) is 17.6 Å². The molecule has 1 aliphatic heterocycles. The van der Waals surface area contributed by atoms with Crippen molar-refractivity contribution in [1.29, 1.82) is 0 Å². The Labute approximate surface area is 199 Å². The van der Waals surface area contributed by atoms with Crippen LogP contribution in [0.15, 0.2) is 47.9 Å². The van der Waals surface area contributed by atoms with E-state index in [0.717, 1.165) is 38.2 Å². The molecular weight excluding hydrogens is 430 g/mol. The molecule has 2 atom stereocenters. The summed E-state index contributed by atoms with van der Waals surface area (Å²) < 4.78 is 0. The maximum atomic E-state index is 11.9. The van der Waals surface area contributed by atoms with Crippen molar-refractivity contribution < 1.29 is 4.79 Å². The number of carbonyl (C=O) groups is 1. The average Bonchev–Trinajstić information content (AvgIpc) is 3.21. The highest BCUT2D eigenvalue weighted by atomic mass is 16.2. The van der Waals surface area contributed by atoms with Gasteiger partial charge in [-0.25, -0.2) is 9.78 Å². The van der Waals surface area contributed by atoms with Crippen LogP contribution in [0.4, 0.5) is 5.95 Å². The molecule has 3 heterocycles. The molecule has 2 aromatic heterocycles. The van der Waals surface area contributed by atoms with E-state index in [1.807, 2.05) is 4.90 Å². The van der Waals surface area contributed by atoms with Gasteiger partial charge in [0, 0.05) is 32.2 Å². The quantitative estimate of drug-likeness (QED) is 0.443. The first kappa shape index (κ1) is 23.7. The van der Waals surface area contributed by atoms with Crippen LogP contribution >= 0.6 is 0 Å². The number of hydrogen-bond donors (Lipinski definition) is 3. The minimum atomic E-state index is -0.297. The maximum absolute atomic E-state index is 11.9. The van der Waals surface area contributed by atoms with E-state index in [2.05, 4.69) is 81.8 Å². The van der Waals surface area contributed by atoms with E-state index in [4.69, 9.17) is 0 Å². The highest BCUT2D eigenvalue weighted by molar-refractivity contribution is 5.87. The van der Waals surface area contributed by atoms with Crippen LogP contribution in [-0.4, -0.2) is 61.8 Å². The first-order chi connectivity index (χ1) is 16.3. The smallest absolute Gasteiger partial charge is 0.325 e. The molecule has 0 saturated carbocycles. The number of nitrogens with zero attached hydrogens (tertiary/aromatic N) is 4. The number of amides is 1. The predicted octanol–water partition coefficient (Wildman–Crippen LogP) is 3.24. The molecule has 34 heavy (non-hydrogen) atoms. The third-order valence-corrected chi connectivity index (χ3v) is 6.37. The van der Waals surface area contributed by atoms with Crippen LogP contribution in [0.25, 0.3) is 11.2 Å². The van der Waals surface area contributed by atoms with Crippen molar-refractivity contribution in [2.75, 3.05) is 31.5 Å². The van der Waals surface area contributed by atoms with Gasteiger partial charge in [-0.3, -0.25) is 14.7 Å². The summed E-state index contributed by atoms with van der Waals surface area (Å²) in [5.41, 5.74) is 3.18. The lowest BCUT2D eigenvalue weighted by Gasteiger charge is -2.40. The Kier molecular flexibility index (Phi) is 7.12. The number of aromatic nitrogens is 4. The molecule has 9 heteroatoms. The van der Waals surface area contributed by atoms with Gasteiger partial charge in [0.2, 0.25) is 11.9 Å². The molecule has 1 saturated heterocycles. The van der Waals surface area contributed by atoms with E-state index in [9.17, 15) is 9.59 Å². The van der Waals surface area contributed by atoms with Crippen molar-refractivity contribution in [1.82, 2.24) is 29.7 Å². The second-order valence-electron chi connectivity index (χ2n) is 9.28. The number of anilines is 1. The molecule has 1 aromatic carbocycles. The topological polar surface area (TPSA) is 110 Å². The number of H-pyrrole nitrogens is 2. The van der Waals surface area contributed by atoms with Gasteiger partial charge in [-0.2, -0.15) is 4.98 Å². The Hall–Kier alpha value is -3.46. The first-order valence-corrected chi connectivity index (χ1v) is 11.8. The number of nitrogens with one attached hydrogen (secondary N) is 3. The molecule has 4 rings (SSSR count). The largest absolute Gasteiger partial charge is 0.348 e. The first-order valence-electron chi connectivity index (χ1n) is 11.8. The van der Waals surface area contributed by atoms with E-state index in [1.54, 1.807) is 6.20 Å². The van der Waals surface area contributed by atoms with Gasteiger partial charge in [0.1, 0.15) is 5.52 Å². The van der Waals surface area contributed by atoms with Crippen LogP contribution in [-0.2, 0) is 4.79 Å². The van der Waals surface area contributed by atoms with E-state index < -0.39 is 0 Å².